The molecule has 0 atom stereocenters. The Morgan fingerprint density at radius 1 is 1.08 bits per heavy atom. The van der Waals surface area contributed by atoms with Crippen molar-refractivity contribution in [3.8, 4) is 0 Å². The Balaban J connectivity index is 2.18. The summed E-state index contributed by atoms with van der Waals surface area (Å²) in [5.41, 5.74) is 5.49. The maximum atomic E-state index is 11.1. The molecule has 124 valence electrons. The SMILES string of the molecule is CC(=O)Nc1cccc(/C(C)=N\Nc2ccc(Cl)c(C(=O)O)c2)c1. The number of carbonyl (C=O) groups excluding carboxylic acids is 1. The van der Waals surface area contributed by atoms with Crippen molar-refractivity contribution < 1.29 is 14.7 Å². The van der Waals surface area contributed by atoms with E-state index in [1.165, 1.54) is 19.1 Å². The largest absolute Gasteiger partial charge is 0.478 e. The second-order valence-electron chi connectivity index (χ2n) is 5.07. The lowest BCUT2D eigenvalue weighted by molar-refractivity contribution is -0.114. The van der Waals surface area contributed by atoms with Crippen molar-refractivity contribution in [3.63, 3.8) is 0 Å². The fourth-order valence-electron chi connectivity index (χ4n) is 2.00. The molecule has 3 N–H and O–H groups in total. The molecular weight excluding hydrogens is 330 g/mol. The lowest BCUT2D eigenvalue weighted by Gasteiger charge is -2.07. The Bertz CT molecular complexity index is 818. The summed E-state index contributed by atoms with van der Waals surface area (Å²) >= 11 is 5.83. The molecular formula is C17H16ClN3O3. The molecule has 0 spiro atoms. The van der Waals surface area contributed by atoms with E-state index in [9.17, 15) is 9.59 Å². The van der Waals surface area contributed by atoms with Crippen molar-refractivity contribution in [3.05, 3.63) is 58.6 Å². The second-order valence-corrected chi connectivity index (χ2v) is 5.48. The van der Waals surface area contributed by atoms with Crippen LogP contribution in [0.4, 0.5) is 11.4 Å². The van der Waals surface area contributed by atoms with Crippen molar-refractivity contribution >= 4 is 40.6 Å². The quantitative estimate of drug-likeness (QED) is 0.567. The van der Waals surface area contributed by atoms with E-state index in [0.717, 1.165) is 5.56 Å². The molecule has 0 aromatic heterocycles. The molecule has 0 aliphatic rings. The van der Waals surface area contributed by atoms with Crippen LogP contribution in [0.3, 0.4) is 0 Å². The van der Waals surface area contributed by atoms with E-state index in [0.29, 0.717) is 17.1 Å². The Labute approximate surface area is 144 Å². The van der Waals surface area contributed by atoms with E-state index in [2.05, 4.69) is 15.8 Å². The first-order valence-electron chi connectivity index (χ1n) is 7.08. The lowest BCUT2D eigenvalue weighted by atomic mass is 10.1. The number of nitrogens with zero attached hydrogens (tertiary/aromatic N) is 1. The van der Waals surface area contributed by atoms with E-state index < -0.39 is 5.97 Å². The zero-order valence-electron chi connectivity index (χ0n) is 13.1. The van der Waals surface area contributed by atoms with Gasteiger partial charge in [0.1, 0.15) is 0 Å². The Morgan fingerprint density at radius 2 is 1.83 bits per heavy atom. The van der Waals surface area contributed by atoms with Crippen LogP contribution in [0.2, 0.25) is 5.02 Å². The third kappa shape index (κ3) is 4.57. The van der Waals surface area contributed by atoms with Gasteiger partial charge in [-0.2, -0.15) is 5.10 Å². The number of benzene rings is 2. The lowest BCUT2D eigenvalue weighted by Crippen LogP contribution is -2.07. The molecule has 0 aliphatic carbocycles. The van der Waals surface area contributed by atoms with Gasteiger partial charge in [0.25, 0.3) is 0 Å². The summed E-state index contributed by atoms with van der Waals surface area (Å²) in [6, 6.07) is 11.8. The van der Waals surface area contributed by atoms with E-state index in [1.54, 1.807) is 25.1 Å². The zero-order valence-corrected chi connectivity index (χ0v) is 13.9. The monoisotopic (exact) mass is 345 g/mol. The summed E-state index contributed by atoms with van der Waals surface area (Å²) in [6.45, 7) is 3.24. The van der Waals surface area contributed by atoms with Crippen LogP contribution < -0.4 is 10.7 Å². The number of hydrogen-bond acceptors (Lipinski definition) is 4. The van der Waals surface area contributed by atoms with Gasteiger partial charge in [0.15, 0.2) is 0 Å². The first-order chi connectivity index (χ1) is 11.4. The normalized spacial score (nSPS) is 11.0. The molecule has 0 bridgehead atoms. The van der Waals surface area contributed by atoms with Gasteiger partial charge < -0.3 is 10.4 Å². The average Bonchev–Trinajstić information content (AvgIpc) is 2.53. The number of hydrogen-bond donors (Lipinski definition) is 3. The van der Waals surface area contributed by atoms with Crippen LogP contribution in [0.1, 0.15) is 29.8 Å². The highest BCUT2D eigenvalue weighted by Gasteiger charge is 2.09. The standard InChI is InChI=1S/C17H16ClN3O3/c1-10(12-4-3-5-13(8-12)19-11(2)22)20-21-14-6-7-16(18)15(9-14)17(23)24/h3-9,21H,1-2H3,(H,19,22)(H,23,24)/b20-10-. The number of nitrogens with one attached hydrogen (secondary N) is 2. The summed E-state index contributed by atoms with van der Waals surface area (Å²) in [6.07, 6.45) is 0. The number of halogens is 1. The molecule has 0 saturated carbocycles. The number of amides is 1. The smallest absolute Gasteiger partial charge is 0.337 e. The molecule has 2 aromatic rings. The van der Waals surface area contributed by atoms with Gasteiger partial charge in [0.2, 0.25) is 5.91 Å². The minimum atomic E-state index is -1.10. The Hall–Kier alpha value is -2.86. The van der Waals surface area contributed by atoms with Crippen LogP contribution in [0.15, 0.2) is 47.6 Å². The highest BCUT2D eigenvalue weighted by molar-refractivity contribution is 6.33. The second kappa shape index (κ2) is 7.61. The van der Waals surface area contributed by atoms with Crippen molar-refractivity contribution in [2.24, 2.45) is 5.10 Å². The van der Waals surface area contributed by atoms with Gasteiger partial charge in [0, 0.05) is 12.6 Å². The molecule has 0 aliphatic heterocycles. The molecule has 0 saturated heterocycles. The fraction of sp³-hybridized carbons (Fsp3) is 0.118. The number of carboxylic acid groups (broad SMARTS) is 1. The zero-order chi connectivity index (χ0) is 17.7. The number of aromatic carboxylic acids is 1. The highest BCUT2D eigenvalue weighted by Crippen LogP contribution is 2.21. The Kier molecular flexibility index (Phi) is 5.55. The van der Waals surface area contributed by atoms with E-state index in [-0.39, 0.29) is 16.5 Å². The van der Waals surface area contributed by atoms with E-state index in [1.807, 2.05) is 12.1 Å². The Morgan fingerprint density at radius 3 is 2.50 bits per heavy atom. The van der Waals surface area contributed by atoms with Crippen molar-refractivity contribution in [2.75, 3.05) is 10.7 Å². The maximum absolute atomic E-state index is 11.1. The molecule has 0 radical (unpaired) electrons. The molecule has 0 unspecified atom stereocenters. The summed E-state index contributed by atoms with van der Waals surface area (Å²) in [5, 5.41) is 16.2. The molecule has 1 amide bonds. The third-order valence-electron chi connectivity index (χ3n) is 3.15. The van der Waals surface area contributed by atoms with E-state index >= 15 is 0 Å². The van der Waals surface area contributed by atoms with Gasteiger partial charge in [0.05, 0.1) is 22.0 Å². The number of carboxylic acids is 1. The summed E-state index contributed by atoms with van der Waals surface area (Å²) in [5.74, 6) is -1.26. The van der Waals surface area contributed by atoms with Gasteiger partial charge in [-0.25, -0.2) is 4.79 Å². The van der Waals surface area contributed by atoms with Gasteiger partial charge in [-0.15, -0.1) is 0 Å². The minimum Gasteiger partial charge on any atom is -0.478 e. The number of hydrazone groups is 1. The van der Waals surface area contributed by atoms with E-state index in [4.69, 9.17) is 16.7 Å². The molecule has 24 heavy (non-hydrogen) atoms. The minimum absolute atomic E-state index is 0.00201. The molecule has 2 aromatic carbocycles. The summed E-state index contributed by atoms with van der Waals surface area (Å²) in [4.78, 5) is 22.2. The number of rotatable bonds is 5. The third-order valence-corrected chi connectivity index (χ3v) is 3.48. The average molecular weight is 346 g/mol. The molecule has 7 heteroatoms. The van der Waals surface area contributed by atoms with Crippen LogP contribution in [0, 0.1) is 0 Å². The van der Waals surface area contributed by atoms with Crippen molar-refractivity contribution in [1.29, 1.82) is 0 Å². The first-order valence-corrected chi connectivity index (χ1v) is 7.46. The van der Waals surface area contributed by atoms with Crippen LogP contribution in [0.5, 0.6) is 0 Å². The van der Waals surface area contributed by atoms with Crippen molar-refractivity contribution in [1.82, 2.24) is 0 Å². The van der Waals surface area contributed by atoms with Crippen LogP contribution in [-0.2, 0) is 4.79 Å². The highest BCUT2D eigenvalue weighted by atomic mass is 35.5. The van der Waals surface area contributed by atoms with Gasteiger partial charge in [-0.1, -0.05) is 23.7 Å². The predicted octanol–water partition coefficient (Wildman–Crippen LogP) is 3.83. The molecule has 2 rings (SSSR count). The topological polar surface area (TPSA) is 90.8 Å². The van der Waals surface area contributed by atoms with Gasteiger partial charge >= 0.3 is 5.97 Å². The maximum Gasteiger partial charge on any atom is 0.337 e. The van der Waals surface area contributed by atoms with Crippen LogP contribution in [-0.4, -0.2) is 22.7 Å². The van der Waals surface area contributed by atoms with Gasteiger partial charge in [-0.3, -0.25) is 10.2 Å². The van der Waals surface area contributed by atoms with Gasteiger partial charge in [-0.05, 0) is 42.8 Å². The molecule has 0 fully saturated rings. The van der Waals surface area contributed by atoms with Crippen LogP contribution >= 0.6 is 11.6 Å². The summed E-state index contributed by atoms with van der Waals surface area (Å²) < 4.78 is 0. The first kappa shape index (κ1) is 17.5. The number of anilines is 2. The molecule has 0 heterocycles. The molecule has 6 nitrogen and oxygen atoms in total. The van der Waals surface area contributed by atoms with Crippen LogP contribution in [0.25, 0.3) is 0 Å². The fourth-order valence-corrected chi connectivity index (χ4v) is 2.20. The van der Waals surface area contributed by atoms with Crippen molar-refractivity contribution in [2.45, 2.75) is 13.8 Å². The number of carbonyl (C=O) groups is 2. The predicted molar refractivity (Wildman–Crippen MR) is 95.0 cm³/mol. The summed E-state index contributed by atoms with van der Waals surface area (Å²) in [7, 11) is 0.